The number of nitrogens with zero attached hydrogens (tertiary/aromatic N) is 1. The van der Waals surface area contributed by atoms with Gasteiger partial charge in [-0.1, -0.05) is 50.3 Å². The van der Waals surface area contributed by atoms with E-state index in [9.17, 15) is 10.1 Å². The number of nitro benzene ring substituents is 1. The highest BCUT2D eigenvalue weighted by Crippen LogP contribution is 2.33. The van der Waals surface area contributed by atoms with E-state index in [1.54, 1.807) is 18.2 Å². The lowest BCUT2D eigenvalue weighted by Crippen LogP contribution is -2.16. The van der Waals surface area contributed by atoms with Gasteiger partial charge in [0.2, 0.25) is 0 Å². The van der Waals surface area contributed by atoms with Crippen molar-refractivity contribution in [1.82, 2.24) is 0 Å². The molecule has 1 aromatic rings. The molecule has 0 saturated heterocycles. The zero-order valence-electron chi connectivity index (χ0n) is 11.8. The van der Waals surface area contributed by atoms with Crippen LogP contribution in [0.5, 0.6) is 0 Å². The molecule has 20 heavy (non-hydrogen) atoms. The van der Waals surface area contributed by atoms with E-state index in [1.807, 2.05) is 0 Å². The van der Waals surface area contributed by atoms with Gasteiger partial charge in [0.05, 0.1) is 4.92 Å². The Balaban J connectivity index is 1.88. The monoisotopic (exact) mass is 296 g/mol. The van der Waals surface area contributed by atoms with Crippen LogP contribution in [0.3, 0.4) is 0 Å². The number of rotatable bonds is 5. The molecule has 0 atom stereocenters. The van der Waals surface area contributed by atoms with Gasteiger partial charge in [-0.05, 0) is 30.4 Å². The molecule has 0 spiro atoms. The summed E-state index contributed by atoms with van der Waals surface area (Å²) in [4.78, 5) is 10.6. The highest BCUT2D eigenvalue weighted by molar-refractivity contribution is 6.33. The van der Waals surface area contributed by atoms with Gasteiger partial charge in [0, 0.05) is 6.54 Å². The first kappa shape index (κ1) is 15.1. The molecule has 1 aliphatic carbocycles. The van der Waals surface area contributed by atoms with E-state index in [4.69, 9.17) is 11.6 Å². The number of nitrogens with one attached hydrogen (secondary N) is 1. The molecular formula is C15H21ClN2O2. The minimum absolute atomic E-state index is 0.0218. The molecule has 0 bridgehead atoms. The van der Waals surface area contributed by atoms with Crippen molar-refractivity contribution >= 4 is 23.0 Å². The Labute approximate surface area is 124 Å². The smallest absolute Gasteiger partial charge is 0.310 e. The summed E-state index contributed by atoms with van der Waals surface area (Å²) in [6, 6.07) is 5.00. The summed E-state index contributed by atoms with van der Waals surface area (Å²) in [5, 5.41) is 14.4. The molecule has 4 nitrogen and oxygen atoms in total. The molecule has 1 saturated carbocycles. The van der Waals surface area contributed by atoms with Gasteiger partial charge in [-0.15, -0.1) is 0 Å². The van der Waals surface area contributed by atoms with Crippen LogP contribution >= 0.6 is 11.6 Å². The zero-order valence-corrected chi connectivity index (χ0v) is 12.5. The molecule has 0 radical (unpaired) electrons. The average Bonchev–Trinajstić information content (AvgIpc) is 2.40. The van der Waals surface area contributed by atoms with E-state index in [-0.39, 0.29) is 10.7 Å². The predicted octanol–water partition coefficient (Wildman–Crippen LogP) is 4.88. The van der Waals surface area contributed by atoms with Crippen molar-refractivity contribution in [3.8, 4) is 0 Å². The van der Waals surface area contributed by atoms with Crippen LogP contribution < -0.4 is 5.32 Å². The zero-order chi connectivity index (χ0) is 14.5. The van der Waals surface area contributed by atoms with Gasteiger partial charge in [0.25, 0.3) is 0 Å². The third-order valence-electron chi connectivity index (χ3n) is 4.17. The summed E-state index contributed by atoms with van der Waals surface area (Å²) in [5.74, 6) is 1.60. The van der Waals surface area contributed by atoms with Gasteiger partial charge in [0.15, 0.2) is 0 Å². The summed E-state index contributed by atoms with van der Waals surface area (Å²) >= 11 is 5.89. The van der Waals surface area contributed by atoms with Crippen LogP contribution in [0, 0.1) is 22.0 Å². The third-order valence-corrected chi connectivity index (χ3v) is 4.48. The maximum absolute atomic E-state index is 11.0. The van der Waals surface area contributed by atoms with Gasteiger partial charge >= 0.3 is 5.69 Å². The first-order chi connectivity index (χ1) is 9.58. The normalized spacial score (nSPS) is 22.5. The van der Waals surface area contributed by atoms with E-state index in [1.165, 1.54) is 25.7 Å². The summed E-state index contributed by atoms with van der Waals surface area (Å²) in [6.07, 6.45) is 6.24. The fraction of sp³-hybridized carbons (Fsp3) is 0.600. The van der Waals surface area contributed by atoms with E-state index in [0.29, 0.717) is 5.69 Å². The molecule has 0 aliphatic heterocycles. The fourth-order valence-corrected chi connectivity index (χ4v) is 3.12. The summed E-state index contributed by atoms with van der Waals surface area (Å²) in [6.45, 7) is 3.07. The van der Waals surface area contributed by atoms with Crippen LogP contribution in [0.15, 0.2) is 18.2 Å². The van der Waals surface area contributed by atoms with Crippen molar-refractivity contribution < 1.29 is 4.92 Å². The van der Waals surface area contributed by atoms with E-state index < -0.39 is 4.92 Å². The van der Waals surface area contributed by atoms with E-state index in [2.05, 4.69) is 12.2 Å². The van der Waals surface area contributed by atoms with Gasteiger partial charge < -0.3 is 5.32 Å². The number of halogens is 1. The van der Waals surface area contributed by atoms with Crippen LogP contribution in [-0.2, 0) is 0 Å². The predicted molar refractivity (Wildman–Crippen MR) is 82.3 cm³/mol. The van der Waals surface area contributed by atoms with Crippen LogP contribution in [-0.4, -0.2) is 11.5 Å². The SMILES string of the molecule is CC1CCC(CCNc2cccc(Cl)c2[N+](=O)[O-])CC1. The Hall–Kier alpha value is -1.29. The summed E-state index contributed by atoms with van der Waals surface area (Å²) in [5.41, 5.74) is 0.498. The highest BCUT2D eigenvalue weighted by atomic mass is 35.5. The topological polar surface area (TPSA) is 55.2 Å². The highest BCUT2D eigenvalue weighted by Gasteiger charge is 2.20. The molecule has 0 heterocycles. The standard InChI is InChI=1S/C15H21ClN2O2/c1-11-5-7-12(8-6-11)9-10-17-14-4-2-3-13(16)15(14)18(19)20/h2-4,11-12,17H,5-10H2,1H3. The number of hydrogen-bond acceptors (Lipinski definition) is 3. The van der Waals surface area contributed by atoms with E-state index in [0.717, 1.165) is 24.8 Å². The molecular weight excluding hydrogens is 276 g/mol. The van der Waals surface area contributed by atoms with Crippen molar-refractivity contribution in [2.75, 3.05) is 11.9 Å². The van der Waals surface area contributed by atoms with Crippen molar-refractivity contribution in [2.45, 2.75) is 39.0 Å². The maximum Gasteiger partial charge on any atom is 0.310 e. The second-order valence-corrected chi connectivity index (χ2v) is 6.14. The molecule has 5 heteroatoms. The Morgan fingerprint density at radius 2 is 2.05 bits per heavy atom. The Kier molecular flexibility index (Phi) is 5.24. The van der Waals surface area contributed by atoms with Crippen molar-refractivity contribution in [3.63, 3.8) is 0 Å². The lowest BCUT2D eigenvalue weighted by Gasteiger charge is -2.26. The van der Waals surface area contributed by atoms with Gasteiger partial charge in [-0.3, -0.25) is 10.1 Å². The maximum atomic E-state index is 11.0. The van der Waals surface area contributed by atoms with Crippen molar-refractivity contribution in [1.29, 1.82) is 0 Å². The second kappa shape index (κ2) is 6.93. The fourth-order valence-electron chi connectivity index (χ4n) is 2.87. The molecule has 1 aromatic carbocycles. The molecule has 1 N–H and O–H groups in total. The van der Waals surface area contributed by atoms with Gasteiger partial charge in [-0.2, -0.15) is 0 Å². The minimum Gasteiger partial charge on any atom is -0.379 e. The molecule has 1 aliphatic rings. The van der Waals surface area contributed by atoms with Gasteiger partial charge in [-0.25, -0.2) is 0 Å². The average molecular weight is 297 g/mol. The second-order valence-electron chi connectivity index (χ2n) is 5.73. The Morgan fingerprint density at radius 3 is 2.70 bits per heavy atom. The Bertz CT molecular complexity index is 471. The largest absolute Gasteiger partial charge is 0.379 e. The quantitative estimate of drug-likeness (QED) is 0.622. The van der Waals surface area contributed by atoms with Crippen molar-refractivity contribution in [2.24, 2.45) is 11.8 Å². The molecule has 0 unspecified atom stereocenters. The summed E-state index contributed by atoms with van der Waals surface area (Å²) < 4.78 is 0. The molecule has 0 amide bonds. The lowest BCUT2D eigenvalue weighted by molar-refractivity contribution is -0.383. The first-order valence-electron chi connectivity index (χ1n) is 7.24. The number of anilines is 1. The molecule has 110 valence electrons. The number of nitro groups is 1. The molecule has 2 rings (SSSR count). The third kappa shape index (κ3) is 3.85. The van der Waals surface area contributed by atoms with Crippen LogP contribution in [0.4, 0.5) is 11.4 Å². The van der Waals surface area contributed by atoms with Crippen LogP contribution in [0.2, 0.25) is 5.02 Å². The van der Waals surface area contributed by atoms with E-state index >= 15 is 0 Å². The number of hydrogen-bond donors (Lipinski definition) is 1. The van der Waals surface area contributed by atoms with Gasteiger partial charge in [0.1, 0.15) is 10.7 Å². The molecule has 1 fully saturated rings. The number of benzene rings is 1. The molecule has 0 aromatic heterocycles. The summed E-state index contributed by atoms with van der Waals surface area (Å²) in [7, 11) is 0. The minimum atomic E-state index is -0.424. The van der Waals surface area contributed by atoms with Crippen LogP contribution in [0.1, 0.15) is 39.0 Å². The Morgan fingerprint density at radius 1 is 1.35 bits per heavy atom. The first-order valence-corrected chi connectivity index (χ1v) is 7.62. The van der Waals surface area contributed by atoms with Crippen molar-refractivity contribution in [3.05, 3.63) is 33.3 Å². The number of para-hydroxylation sites is 1. The lowest BCUT2D eigenvalue weighted by atomic mass is 9.81. The van der Waals surface area contributed by atoms with Crippen LogP contribution in [0.25, 0.3) is 0 Å².